The molecule has 0 heterocycles. The summed E-state index contributed by atoms with van der Waals surface area (Å²) in [5.41, 5.74) is 2.29. The van der Waals surface area contributed by atoms with Crippen molar-refractivity contribution >= 4 is 29.9 Å². The molecule has 0 aliphatic carbocycles. The Morgan fingerprint density at radius 2 is 1.81 bits per heavy atom. The van der Waals surface area contributed by atoms with Crippen molar-refractivity contribution in [2.24, 2.45) is 4.99 Å². The summed E-state index contributed by atoms with van der Waals surface area (Å²) in [6.07, 6.45) is 0. The maximum Gasteiger partial charge on any atom is 0.191 e. The zero-order valence-corrected chi connectivity index (χ0v) is 17.9. The second-order valence-corrected chi connectivity index (χ2v) is 5.85. The number of methoxy groups -OCH3 is 1. The molecule has 2 aromatic rings. The van der Waals surface area contributed by atoms with Gasteiger partial charge in [0, 0.05) is 26.7 Å². The molecule has 0 amide bonds. The van der Waals surface area contributed by atoms with Crippen molar-refractivity contribution in [3.8, 4) is 5.75 Å². The van der Waals surface area contributed by atoms with Gasteiger partial charge >= 0.3 is 0 Å². The normalized spacial score (nSPS) is 12.0. The minimum absolute atomic E-state index is 0. The molecule has 1 atom stereocenters. The standard InChI is InChI=1S/C20H27N3O2.HI/c1-16(14-24-3)23-20(21-2)22-13-18-10-7-11-19(12-18)25-15-17-8-5-4-6-9-17;/h4-12,16H,13-15H2,1-3H3,(H2,21,22,23);1H. The van der Waals surface area contributed by atoms with Crippen LogP contribution in [0, 0.1) is 0 Å². The molecule has 0 aliphatic rings. The quantitative estimate of drug-likeness (QED) is 0.353. The molecule has 0 bridgehead atoms. The molecule has 0 aliphatic heterocycles. The van der Waals surface area contributed by atoms with Gasteiger partial charge in [0.2, 0.25) is 0 Å². The van der Waals surface area contributed by atoms with E-state index in [1.54, 1.807) is 14.2 Å². The number of hydrogen-bond donors (Lipinski definition) is 2. The van der Waals surface area contributed by atoms with Gasteiger partial charge in [-0.15, -0.1) is 24.0 Å². The number of benzene rings is 2. The highest BCUT2D eigenvalue weighted by Crippen LogP contribution is 2.15. The van der Waals surface area contributed by atoms with Crippen molar-refractivity contribution in [1.29, 1.82) is 0 Å². The molecule has 0 radical (unpaired) electrons. The Kier molecular flexibility index (Phi) is 10.7. The van der Waals surface area contributed by atoms with Crippen molar-refractivity contribution in [2.45, 2.75) is 26.1 Å². The predicted octanol–water partition coefficient (Wildman–Crippen LogP) is 3.58. The fourth-order valence-corrected chi connectivity index (χ4v) is 2.39. The number of aliphatic imine (C=N–C) groups is 1. The van der Waals surface area contributed by atoms with Gasteiger partial charge in [-0.3, -0.25) is 4.99 Å². The Balaban J connectivity index is 0.00000338. The predicted molar refractivity (Wildman–Crippen MR) is 117 cm³/mol. The molecule has 5 nitrogen and oxygen atoms in total. The second kappa shape index (κ2) is 12.5. The van der Waals surface area contributed by atoms with Gasteiger partial charge in [0.15, 0.2) is 5.96 Å². The molecule has 0 saturated carbocycles. The number of ether oxygens (including phenoxy) is 2. The minimum Gasteiger partial charge on any atom is -0.489 e. The van der Waals surface area contributed by atoms with Crippen molar-refractivity contribution in [1.82, 2.24) is 10.6 Å². The average Bonchev–Trinajstić information content (AvgIpc) is 2.65. The van der Waals surface area contributed by atoms with E-state index in [1.807, 2.05) is 36.4 Å². The van der Waals surface area contributed by atoms with Crippen LogP contribution in [0.5, 0.6) is 5.75 Å². The summed E-state index contributed by atoms with van der Waals surface area (Å²) in [6.45, 7) is 3.91. The Bertz CT molecular complexity index is 665. The van der Waals surface area contributed by atoms with Crippen LogP contribution in [-0.4, -0.2) is 32.8 Å². The number of hydrogen-bond acceptors (Lipinski definition) is 3. The lowest BCUT2D eigenvalue weighted by Crippen LogP contribution is -2.43. The fraction of sp³-hybridized carbons (Fsp3) is 0.350. The number of guanidine groups is 1. The molecule has 2 rings (SSSR count). The van der Waals surface area contributed by atoms with Crippen molar-refractivity contribution in [2.75, 3.05) is 20.8 Å². The third-order valence-corrected chi connectivity index (χ3v) is 3.63. The summed E-state index contributed by atoms with van der Waals surface area (Å²) in [6, 6.07) is 18.4. The lowest BCUT2D eigenvalue weighted by Gasteiger charge is -2.17. The molecule has 2 N–H and O–H groups in total. The van der Waals surface area contributed by atoms with Crippen LogP contribution in [0.25, 0.3) is 0 Å². The summed E-state index contributed by atoms with van der Waals surface area (Å²) in [5.74, 6) is 1.61. The van der Waals surface area contributed by atoms with Crippen LogP contribution in [0.15, 0.2) is 59.6 Å². The first-order valence-corrected chi connectivity index (χ1v) is 8.43. The van der Waals surface area contributed by atoms with E-state index in [9.17, 15) is 0 Å². The van der Waals surface area contributed by atoms with E-state index in [4.69, 9.17) is 9.47 Å². The Morgan fingerprint density at radius 1 is 1.08 bits per heavy atom. The van der Waals surface area contributed by atoms with Gasteiger partial charge in [0.05, 0.1) is 6.61 Å². The van der Waals surface area contributed by atoms with Crippen LogP contribution in [0.4, 0.5) is 0 Å². The summed E-state index contributed by atoms with van der Waals surface area (Å²) < 4.78 is 11.0. The molecule has 6 heteroatoms. The largest absolute Gasteiger partial charge is 0.489 e. The third kappa shape index (κ3) is 8.05. The van der Waals surface area contributed by atoms with Crippen molar-refractivity contribution in [3.63, 3.8) is 0 Å². The Hall–Kier alpha value is -1.80. The van der Waals surface area contributed by atoms with E-state index in [2.05, 4.69) is 40.7 Å². The highest BCUT2D eigenvalue weighted by atomic mass is 127. The second-order valence-electron chi connectivity index (χ2n) is 5.85. The summed E-state index contributed by atoms with van der Waals surface area (Å²) >= 11 is 0. The maximum absolute atomic E-state index is 5.87. The molecular weight excluding hydrogens is 441 g/mol. The molecule has 0 fully saturated rings. The zero-order chi connectivity index (χ0) is 17.9. The molecular formula is C20H28IN3O2. The van der Waals surface area contributed by atoms with E-state index >= 15 is 0 Å². The minimum atomic E-state index is 0. The first kappa shape index (κ1) is 22.2. The summed E-state index contributed by atoms with van der Waals surface area (Å²) in [5, 5.41) is 6.59. The molecule has 142 valence electrons. The molecule has 0 aromatic heterocycles. The topological polar surface area (TPSA) is 54.9 Å². The number of rotatable bonds is 8. The highest BCUT2D eigenvalue weighted by Gasteiger charge is 2.05. The molecule has 26 heavy (non-hydrogen) atoms. The Morgan fingerprint density at radius 3 is 2.50 bits per heavy atom. The highest BCUT2D eigenvalue weighted by molar-refractivity contribution is 14.0. The van der Waals surface area contributed by atoms with Gasteiger partial charge in [-0.1, -0.05) is 42.5 Å². The number of halogens is 1. The average molecular weight is 469 g/mol. The van der Waals surface area contributed by atoms with E-state index in [0.29, 0.717) is 19.8 Å². The molecule has 2 aromatic carbocycles. The van der Waals surface area contributed by atoms with Gasteiger partial charge in [0.25, 0.3) is 0 Å². The van der Waals surface area contributed by atoms with Gasteiger partial charge in [-0.05, 0) is 30.2 Å². The van der Waals surface area contributed by atoms with Crippen LogP contribution in [0.2, 0.25) is 0 Å². The van der Waals surface area contributed by atoms with Crippen molar-refractivity contribution < 1.29 is 9.47 Å². The lowest BCUT2D eigenvalue weighted by atomic mass is 10.2. The van der Waals surface area contributed by atoms with Crippen LogP contribution in [-0.2, 0) is 17.9 Å². The third-order valence-electron chi connectivity index (χ3n) is 3.63. The van der Waals surface area contributed by atoms with E-state index in [-0.39, 0.29) is 30.0 Å². The first-order chi connectivity index (χ1) is 12.2. The summed E-state index contributed by atoms with van der Waals surface area (Å²) in [4.78, 5) is 4.23. The Labute approximate surface area is 173 Å². The van der Waals surface area contributed by atoms with Crippen LogP contribution in [0.3, 0.4) is 0 Å². The van der Waals surface area contributed by atoms with Gasteiger partial charge in [-0.2, -0.15) is 0 Å². The first-order valence-electron chi connectivity index (χ1n) is 8.43. The van der Waals surface area contributed by atoms with E-state index in [0.717, 1.165) is 22.8 Å². The molecule has 1 unspecified atom stereocenters. The number of nitrogens with zero attached hydrogens (tertiary/aromatic N) is 1. The van der Waals surface area contributed by atoms with Crippen LogP contribution < -0.4 is 15.4 Å². The smallest absolute Gasteiger partial charge is 0.191 e. The van der Waals surface area contributed by atoms with Crippen LogP contribution in [0.1, 0.15) is 18.1 Å². The number of nitrogens with one attached hydrogen (secondary N) is 2. The zero-order valence-electron chi connectivity index (χ0n) is 15.6. The maximum atomic E-state index is 5.87. The van der Waals surface area contributed by atoms with Gasteiger partial charge < -0.3 is 20.1 Å². The van der Waals surface area contributed by atoms with Crippen LogP contribution >= 0.6 is 24.0 Å². The lowest BCUT2D eigenvalue weighted by molar-refractivity contribution is 0.179. The van der Waals surface area contributed by atoms with E-state index < -0.39 is 0 Å². The monoisotopic (exact) mass is 469 g/mol. The molecule has 0 saturated heterocycles. The fourth-order valence-electron chi connectivity index (χ4n) is 2.39. The van der Waals surface area contributed by atoms with Gasteiger partial charge in [0.1, 0.15) is 12.4 Å². The van der Waals surface area contributed by atoms with Gasteiger partial charge in [-0.25, -0.2) is 0 Å². The van der Waals surface area contributed by atoms with E-state index in [1.165, 1.54) is 0 Å². The SMILES string of the molecule is CN=C(NCc1cccc(OCc2ccccc2)c1)NC(C)COC.I. The van der Waals surface area contributed by atoms with Crippen molar-refractivity contribution in [3.05, 3.63) is 65.7 Å². The molecule has 0 spiro atoms. The summed E-state index contributed by atoms with van der Waals surface area (Å²) in [7, 11) is 3.45.